The van der Waals surface area contributed by atoms with E-state index in [-0.39, 0.29) is 27.4 Å². The van der Waals surface area contributed by atoms with Crippen molar-refractivity contribution in [2.45, 2.75) is 17.7 Å². The first-order valence-corrected chi connectivity index (χ1v) is 11.3. The zero-order valence-corrected chi connectivity index (χ0v) is 17.6. The molecule has 7 nitrogen and oxygen atoms in total. The number of ether oxygens (including phenoxy) is 1. The average molecular weight is 444 g/mol. The zero-order chi connectivity index (χ0) is 22.2. The number of likely N-dealkylation sites (tertiary alicyclic amines) is 1. The van der Waals surface area contributed by atoms with Gasteiger partial charge in [0.15, 0.2) is 4.91 Å². The van der Waals surface area contributed by atoms with E-state index in [4.69, 9.17) is 4.74 Å². The number of halogens is 1. The van der Waals surface area contributed by atoms with Crippen molar-refractivity contribution >= 4 is 33.1 Å². The Balaban J connectivity index is 1.72. The number of hydrogen-bond acceptors (Lipinski definition) is 6. The molecule has 31 heavy (non-hydrogen) atoms. The van der Waals surface area contributed by atoms with Crippen molar-refractivity contribution in [1.29, 1.82) is 0 Å². The van der Waals surface area contributed by atoms with Crippen LogP contribution in [0.4, 0.5) is 10.1 Å². The van der Waals surface area contributed by atoms with E-state index >= 15 is 0 Å². The predicted octanol–water partition coefficient (Wildman–Crippen LogP) is 2.81. The van der Waals surface area contributed by atoms with Crippen LogP contribution in [0.1, 0.15) is 18.4 Å². The molecule has 0 unspecified atom stereocenters. The van der Waals surface area contributed by atoms with Crippen molar-refractivity contribution in [1.82, 2.24) is 4.90 Å². The lowest BCUT2D eigenvalue weighted by Crippen LogP contribution is -2.36. The molecule has 0 spiro atoms. The standard InChI is InChI=1S/C22H21FN2O5S/c1-30-22(27)14-10-12-25(13-11-14)19-17-4-2-3-5-18(17)31(28,29)20(19)21(26)24-16-8-6-15(23)7-9-16/h2-9,14H,10-13H2,1H3,(H,24,26). The number of amides is 1. The molecule has 2 aromatic rings. The summed E-state index contributed by atoms with van der Waals surface area (Å²) in [7, 11) is -2.70. The molecule has 1 saturated heterocycles. The molecule has 2 heterocycles. The molecule has 0 radical (unpaired) electrons. The van der Waals surface area contributed by atoms with Crippen LogP contribution in [0.15, 0.2) is 58.3 Å². The summed E-state index contributed by atoms with van der Waals surface area (Å²) >= 11 is 0. The van der Waals surface area contributed by atoms with Crippen LogP contribution < -0.4 is 5.32 Å². The molecular weight excluding hydrogens is 423 g/mol. The third-order valence-corrected chi connectivity index (χ3v) is 7.42. The van der Waals surface area contributed by atoms with E-state index in [1.807, 2.05) is 4.90 Å². The van der Waals surface area contributed by atoms with Crippen molar-refractivity contribution in [3.63, 3.8) is 0 Å². The number of benzene rings is 2. The van der Waals surface area contributed by atoms with E-state index in [2.05, 4.69) is 5.32 Å². The summed E-state index contributed by atoms with van der Waals surface area (Å²) in [5.74, 6) is -1.80. The molecule has 4 rings (SSSR count). The molecular formula is C22H21FN2O5S. The van der Waals surface area contributed by atoms with E-state index in [1.165, 1.54) is 37.4 Å². The van der Waals surface area contributed by atoms with Crippen LogP contribution in [0.2, 0.25) is 0 Å². The Hall–Kier alpha value is -3.20. The fraction of sp³-hybridized carbons (Fsp3) is 0.273. The predicted molar refractivity (Wildman–Crippen MR) is 112 cm³/mol. The van der Waals surface area contributed by atoms with Gasteiger partial charge in [-0.1, -0.05) is 18.2 Å². The smallest absolute Gasteiger partial charge is 0.308 e. The van der Waals surface area contributed by atoms with E-state index in [0.29, 0.717) is 37.2 Å². The third kappa shape index (κ3) is 3.81. The molecule has 0 bridgehead atoms. The highest BCUT2D eigenvalue weighted by Crippen LogP contribution is 2.42. The molecule has 9 heteroatoms. The number of esters is 1. The lowest BCUT2D eigenvalue weighted by atomic mass is 9.95. The number of nitrogens with one attached hydrogen (secondary N) is 1. The number of nitrogens with zero attached hydrogens (tertiary/aromatic N) is 1. The van der Waals surface area contributed by atoms with Gasteiger partial charge in [0.1, 0.15) is 5.82 Å². The highest BCUT2D eigenvalue weighted by Gasteiger charge is 2.42. The number of carbonyl (C=O) groups excluding carboxylic acids is 2. The summed E-state index contributed by atoms with van der Waals surface area (Å²) in [6.45, 7) is 0.818. The number of sulfone groups is 1. The van der Waals surface area contributed by atoms with Crippen molar-refractivity contribution < 1.29 is 27.1 Å². The first-order chi connectivity index (χ1) is 14.8. The highest BCUT2D eigenvalue weighted by molar-refractivity contribution is 7.97. The second-order valence-electron chi connectivity index (χ2n) is 7.42. The summed E-state index contributed by atoms with van der Waals surface area (Å²) in [5.41, 5.74) is 1.08. The number of anilines is 1. The highest BCUT2D eigenvalue weighted by atomic mass is 32.2. The number of methoxy groups -OCH3 is 1. The van der Waals surface area contributed by atoms with Crippen LogP contribution >= 0.6 is 0 Å². The normalized spacial score (nSPS) is 17.9. The third-order valence-electron chi connectivity index (χ3n) is 5.57. The second-order valence-corrected chi connectivity index (χ2v) is 9.28. The minimum absolute atomic E-state index is 0.0735. The minimum Gasteiger partial charge on any atom is -0.469 e. The van der Waals surface area contributed by atoms with Crippen LogP contribution in [-0.4, -0.2) is 45.4 Å². The van der Waals surface area contributed by atoms with Gasteiger partial charge in [0, 0.05) is 24.3 Å². The molecule has 1 fully saturated rings. The van der Waals surface area contributed by atoms with Gasteiger partial charge in [-0.2, -0.15) is 0 Å². The second kappa shape index (κ2) is 8.14. The van der Waals surface area contributed by atoms with Gasteiger partial charge >= 0.3 is 5.97 Å². The lowest BCUT2D eigenvalue weighted by molar-refractivity contribution is -0.146. The quantitative estimate of drug-likeness (QED) is 0.729. The SMILES string of the molecule is COC(=O)C1CCN(C2=C(C(=O)Nc3ccc(F)cc3)S(=O)(=O)c3ccccc32)CC1. The van der Waals surface area contributed by atoms with Crippen molar-refractivity contribution in [2.24, 2.45) is 5.92 Å². The first-order valence-electron chi connectivity index (χ1n) is 9.81. The first kappa shape index (κ1) is 21.0. The number of piperidine rings is 1. The largest absolute Gasteiger partial charge is 0.469 e. The van der Waals surface area contributed by atoms with Gasteiger partial charge in [0.05, 0.1) is 23.6 Å². The van der Waals surface area contributed by atoms with Gasteiger partial charge in [-0.3, -0.25) is 9.59 Å². The summed E-state index contributed by atoms with van der Waals surface area (Å²) in [6, 6.07) is 11.6. The molecule has 0 saturated carbocycles. The average Bonchev–Trinajstić information content (AvgIpc) is 3.02. The minimum atomic E-state index is -4.05. The Kier molecular flexibility index (Phi) is 5.53. The fourth-order valence-electron chi connectivity index (χ4n) is 4.03. The van der Waals surface area contributed by atoms with Crippen LogP contribution in [0.3, 0.4) is 0 Å². The van der Waals surface area contributed by atoms with Crippen LogP contribution in [0.5, 0.6) is 0 Å². The van der Waals surface area contributed by atoms with Gasteiger partial charge in [0.2, 0.25) is 9.84 Å². The molecule has 2 aliphatic rings. The fourth-order valence-corrected chi connectivity index (χ4v) is 5.75. The number of hydrogen-bond donors (Lipinski definition) is 1. The van der Waals surface area contributed by atoms with Gasteiger partial charge in [-0.15, -0.1) is 0 Å². The number of carbonyl (C=O) groups is 2. The van der Waals surface area contributed by atoms with Gasteiger partial charge in [0.25, 0.3) is 5.91 Å². The molecule has 0 atom stereocenters. The maximum absolute atomic E-state index is 13.3. The molecule has 1 amide bonds. The van der Waals surface area contributed by atoms with Gasteiger partial charge < -0.3 is 15.0 Å². The van der Waals surface area contributed by atoms with Crippen LogP contribution in [0.25, 0.3) is 5.70 Å². The molecule has 0 aromatic heterocycles. The molecule has 2 aliphatic heterocycles. The van der Waals surface area contributed by atoms with Crippen molar-refractivity contribution in [3.05, 3.63) is 64.8 Å². The van der Waals surface area contributed by atoms with E-state index in [0.717, 1.165) is 0 Å². The Morgan fingerprint density at radius 2 is 1.71 bits per heavy atom. The lowest BCUT2D eigenvalue weighted by Gasteiger charge is -2.33. The van der Waals surface area contributed by atoms with E-state index in [9.17, 15) is 22.4 Å². The summed E-state index contributed by atoms with van der Waals surface area (Å²) < 4.78 is 44.5. The van der Waals surface area contributed by atoms with Gasteiger partial charge in [-0.25, -0.2) is 12.8 Å². The maximum atomic E-state index is 13.3. The maximum Gasteiger partial charge on any atom is 0.308 e. The number of fused-ring (bicyclic) bond motifs is 1. The molecule has 1 N–H and O–H groups in total. The Morgan fingerprint density at radius 1 is 1.06 bits per heavy atom. The van der Waals surface area contributed by atoms with Crippen molar-refractivity contribution in [2.75, 3.05) is 25.5 Å². The molecule has 0 aliphatic carbocycles. The Labute approximate surface area is 179 Å². The summed E-state index contributed by atoms with van der Waals surface area (Å²) in [6.07, 6.45) is 0.983. The topological polar surface area (TPSA) is 92.8 Å². The zero-order valence-electron chi connectivity index (χ0n) is 16.8. The van der Waals surface area contributed by atoms with Crippen molar-refractivity contribution in [3.8, 4) is 0 Å². The number of rotatable bonds is 4. The molecule has 162 valence electrons. The van der Waals surface area contributed by atoms with Crippen LogP contribution in [0, 0.1) is 11.7 Å². The monoisotopic (exact) mass is 444 g/mol. The van der Waals surface area contributed by atoms with E-state index < -0.39 is 21.6 Å². The molecule has 2 aromatic carbocycles. The van der Waals surface area contributed by atoms with Crippen LogP contribution in [-0.2, 0) is 24.2 Å². The van der Waals surface area contributed by atoms with Gasteiger partial charge in [-0.05, 0) is 43.2 Å². The summed E-state index contributed by atoms with van der Waals surface area (Å²) in [4.78, 5) is 26.5. The Bertz CT molecular complexity index is 1170. The van der Waals surface area contributed by atoms with E-state index in [1.54, 1.807) is 18.2 Å². The Morgan fingerprint density at radius 3 is 2.35 bits per heavy atom. The summed E-state index contributed by atoms with van der Waals surface area (Å²) in [5, 5.41) is 2.56.